The number of halogens is 2. The van der Waals surface area contributed by atoms with Crippen LogP contribution in [0.1, 0.15) is 18.1 Å². The molecule has 0 bridgehead atoms. The summed E-state index contributed by atoms with van der Waals surface area (Å²) in [6, 6.07) is 6.56. The molecule has 0 radical (unpaired) electrons. The normalized spacial score (nSPS) is 11.1. The van der Waals surface area contributed by atoms with Gasteiger partial charge in [-0.2, -0.15) is 5.10 Å². The molecule has 0 aliphatic rings. The summed E-state index contributed by atoms with van der Waals surface area (Å²) in [5.74, 6) is 0.633. The molecule has 0 aliphatic heterocycles. The van der Waals surface area contributed by atoms with E-state index in [2.05, 4.69) is 15.4 Å². The van der Waals surface area contributed by atoms with Crippen molar-refractivity contribution in [1.82, 2.24) is 20.0 Å². The summed E-state index contributed by atoms with van der Waals surface area (Å²) in [4.78, 5) is 6.69. The molecule has 0 atom stereocenters. The second-order valence-corrected chi connectivity index (χ2v) is 5.49. The smallest absolute Gasteiger partial charge is 0.193 e. The molecule has 1 N–H and O–H groups in total. The lowest BCUT2D eigenvalue weighted by molar-refractivity contribution is 0.476. The number of aryl methyl sites for hydroxylation is 1. The molecule has 2 aromatic rings. The maximum Gasteiger partial charge on any atom is 0.193 e. The highest BCUT2D eigenvalue weighted by Gasteiger charge is 2.06. The van der Waals surface area contributed by atoms with Crippen molar-refractivity contribution in [3.63, 3.8) is 0 Å². The number of nitrogens with one attached hydrogen (secondary N) is 1. The first-order chi connectivity index (χ1) is 11.1. The third-order valence-corrected chi connectivity index (χ3v) is 3.45. The average molecular weight is 445 g/mol. The van der Waals surface area contributed by atoms with Crippen LogP contribution in [0.15, 0.2) is 41.7 Å². The average Bonchev–Trinajstić information content (AvgIpc) is 2.94. The van der Waals surface area contributed by atoms with Gasteiger partial charge in [-0.25, -0.2) is 4.39 Å². The van der Waals surface area contributed by atoms with Crippen molar-refractivity contribution in [1.29, 1.82) is 0 Å². The van der Waals surface area contributed by atoms with Gasteiger partial charge in [-0.3, -0.25) is 9.67 Å². The zero-order chi connectivity index (χ0) is 16.7. The molecule has 1 heterocycles. The van der Waals surface area contributed by atoms with E-state index in [1.807, 2.05) is 38.3 Å². The van der Waals surface area contributed by atoms with E-state index < -0.39 is 0 Å². The predicted octanol–water partition coefficient (Wildman–Crippen LogP) is 2.82. The molecule has 0 aliphatic carbocycles. The molecule has 0 spiro atoms. The van der Waals surface area contributed by atoms with Crippen molar-refractivity contribution >= 4 is 29.9 Å². The second-order valence-electron chi connectivity index (χ2n) is 5.49. The number of benzene rings is 1. The van der Waals surface area contributed by atoms with Gasteiger partial charge in [0.2, 0.25) is 0 Å². The van der Waals surface area contributed by atoms with Gasteiger partial charge in [0.05, 0.1) is 6.20 Å². The Morgan fingerprint density at radius 3 is 2.58 bits per heavy atom. The summed E-state index contributed by atoms with van der Waals surface area (Å²) < 4.78 is 14.8. The zero-order valence-corrected chi connectivity index (χ0v) is 16.7. The first kappa shape index (κ1) is 20.4. The lowest BCUT2D eigenvalue weighted by Crippen LogP contribution is -2.38. The van der Waals surface area contributed by atoms with Crippen LogP contribution in [0, 0.1) is 5.82 Å². The number of rotatable bonds is 6. The predicted molar refractivity (Wildman–Crippen MR) is 106 cm³/mol. The van der Waals surface area contributed by atoms with E-state index in [1.54, 1.807) is 16.8 Å². The first-order valence-corrected chi connectivity index (χ1v) is 7.80. The molecular weight excluding hydrogens is 420 g/mol. The van der Waals surface area contributed by atoms with Crippen LogP contribution in [0.3, 0.4) is 0 Å². The van der Waals surface area contributed by atoms with E-state index in [1.165, 1.54) is 17.7 Å². The van der Waals surface area contributed by atoms with Gasteiger partial charge >= 0.3 is 0 Å². The van der Waals surface area contributed by atoms with Crippen molar-refractivity contribution in [2.24, 2.45) is 12.0 Å². The molecule has 0 unspecified atom stereocenters. The molecule has 0 amide bonds. The highest BCUT2D eigenvalue weighted by Crippen LogP contribution is 2.06. The topological polar surface area (TPSA) is 45.5 Å². The maximum absolute atomic E-state index is 13.0. The quantitative estimate of drug-likeness (QED) is 0.423. The molecule has 0 fully saturated rings. The van der Waals surface area contributed by atoms with Crippen LogP contribution in [-0.4, -0.2) is 40.8 Å². The Balaban J connectivity index is 0.00000288. The fraction of sp³-hybridized carbons (Fsp3) is 0.412. The van der Waals surface area contributed by atoms with E-state index in [-0.39, 0.29) is 29.8 Å². The van der Waals surface area contributed by atoms with Crippen LogP contribution in [0.25, 0.3) is 0 Å². The lowest BCUT2D eigenvalue weighted by atomic mass is 10.2. The fourth-order valence-corrected chi connectivity index (χ4v) is 2.30. The third kappa shape index (κ3) is 6.46. The van der Waals surface area contributed by atoms with Gasteiger partial charge in [-0.1, -0.05) is 12.1 Å². The molecule has 1 aromatic heterocycles. The molecule has 0 saturated carbocycles. The number of hydrogen-bond acceptors (Lipinski definition) is 2. The minimum Gasteiger partial charge on any atom is -0.357 e. The molecule has 5 nitrogen and oxygen atoms in total. The Kier molecular flexibility index (Phi) is 8.73. The molecule has 2 rings (SSSR count). The number of aliphatic imine (C=N–C) groups is 1. The van der Waals surface area contributed by atoms with Crippen molar-refractivity contribution < 1.29 is 4.39 Å². The van der Waals surface area contributed by atoms with E-state index in [0.717, 1.165) is 24.5 Å². The first-order valence-electron chi connectivity index (χ1n) is 7.80. The van der Waals surface area contributed by atoms with Gasteiger partial charge < -0.3 is 10.2 Å². The highest BCUT2D eigenvalue weighted by atomic mass is 127. The Labute approximate surface area is 160 Å². The second kappa shape index (κ2) is 10.3. The van der Waals surface area contributed by atoms with E-state index in [9.17, 15) is 4.39 Å². The van der Waals surface area contributed by atoms with Crippen LogP contribution in [0.2, 0.25) is 0 Å². The van der Waals surface area contributed by atoms with Gasteiger partial charge in [-0.15, -0.1) is 24.0 Å². The van der Waals surface area contributed by atoms with Crippen molar-refractivity contribution in [2.75, 3.05) is 20.1 Å². The van der Waals surface area contributed by atoms with Crippen LogP contribution >= 0.6 is 24.0 Å². The Morgan fingerprint density at radius 1 is 1.29 bits per heavy atom. The van der Waals surface area contributed by atoms with E-state index >= 15 is 0 Å². The molecule has 132 valence electrons. The number of aromatic nitrogens is 2. The Hall–Kier alpha value is -1.64. The van der Waals surface area contributed by atoms with E-state index in [4.69, 9.17) is 0 Å². The minimum absolute atomic E-state index is 0. The van der Waals surface area contributed by atoms with E-state index in [0.29, 0.717) is 13.1 Å². The third-order valence-electron chi connectivity index (χ3n) is 3.45. The highest BCUT2D eigenvalue weighted by molar-refractivity contribution is 14.0. The summed E-state index contributed by atoms with van der Waals surface area (Å²) >= 11 is 0. The van der Waals surface area contributed by atoms with Crippen molar-refractivity contribution in [2.45, 2.75) is 19.9 Å². The van der Waals surface area contributed by atoms with Gasteiger partial charge in [0.15, 0.2) is 5.96 Å². The largest absolute Gasteiger partial charge is 0.357 e. The standard InChI is InChI=1S/C17H24FN5.HI/c1-4-19-17(20-10-9-15-11-21-23(3)13-15)22(2)12-14-5-7-16(18)8-6-14;/h5-8,11,13H,4,9-10,12H2,1-3H3,(H,19,20);1H. The van der Waals surface area contributed by atoms with Crippen LogP contribution in [-0.2, 0) is 20.0 Å². The SMILES string of the molecule is CCNC(=NCCc1cnn(C)c1)N(C)Cc1ccc(F)cc1.I. The molecule has 24 heavy (non-hydrogen) atoms. The Bertz CT molecular complexity index is 639. The maximum atomic E-state index is 13.0. The summed E-state index contributed by atoms with van der Waals surface area (Å²) in [5.41, 5.74) is 2.22. The lowest BCUT2D eigenvalue weighted by Gasteiger charge is -2.22. The molecule has 0 saturated heterocycles. The van der Waals surface area contributed by atoms with Crippen molar-refractivity contribution in [3.8, 4) is 0 Å². The number of nitrogens with zero attached hydrogens (tertiary/aromatic N) is 4. The molecule has 7 heteroatoms. The van der Waals surface area contributed by atoms with Crippen LogP contribution < -0.4 is 5.32 Å². The van der Waals surface area contributed by atoms with Crippen molar-refractivity contribution in [3.05, 3.63) is 53.6 Å². The van der Waals surface area contributed by atoms with Gasteiger partial charge in [0.1, 0.15) is 5.82 Å². The monoisotopic (exact) mass is 445 g/mol. The minimum atomic E-state index is -0.214. The molecule has 1 aromatic carbocycles. The fourth-order valence-electron chi connectivity index (χ4n) is 2.30. The van der Waals surface area contributed by atoms with Crippen LogP contribution in [0.4, 0.5) is 4.39 Å². The molecular formula is C17H25FIN5. The Morgan fingerprint density at radius 2 is 2.00 bits per heavy atom. The zero-order valence-electron chi connectivity index (χ0n) is 14.4. The summed E-state index contributed by atoms with van der Waals surface area (Å²) in [7, 11) is 3.89. The number of guanidine groups is 1. The van der Waals surface area contributed by atoms with Crippen LogP contribution in [0.5, 0.6) is 0 Å². The summed E-state index contributed by atoms with van der Waals surface area (Å²) in [6.07, 6.45) is 4.72. The van der Waals surface area contributed by atoms with Gasteiger partial charge in [-0.05, 0) is 36.6 Å². The number of hydrogen-bond donors (Lipinski definition) is 1. The van der Waals surface area contributed by atoms with Gasteiger partial charge in [0.25, 0.3) is 0 Å². The van der Waals surface area contributed by atoms with Gasteiger partial charge in [0, 0.05) is 39.9 Å². The summed E-state index contributed by atoms with van der Waals surface area (Å²) in [5, 5.41) is 7.45. The summed E-state index contributed by atoms with van der Waals surface area (Å²) in [6.45, 7) is 4.22.